The molecule has 1 aromatic heterocycles. The summed E-state index contributed by atoms with van der Waals surface area (Å²) >= 11 is 5.85. The third-order valence-corrected chi connectivity index (χ3v) is 3.45. The molecule has 0 aliphatic heterocycles. The molecule has 1 heterocycles. The van der Waals surface area contributed by atoms with Crippen molar-refractivity contribution in [3.63, 3.8) is 0 Å². The molecule has 2 rings (SSSR count). The first-order valence-corrected chi connectivity index (χ1v) is 7.78. The normalized spacial score (nSPS) is 11.5. The standard InChI is InChI=1S/C16H16ClF3N4O/c1-9(2)6-21-15-22-7-10(8-23-15)14(25)24-13-5-11(16(18,19)20)3-4-12(13)17/h3-5,7-9H,6H2,1-2H3,(H,24,25)(H,21,22,23). The van der Waals surface area contributed by atoms with E-state index in [0.29, 0.717) is 18.4 Å². The van der Waals surface area contributed by atoms with Gasteiger partial charge < -0.3 is 10.6 Å². The zero-order chi connectivity index (χ0) is 18.6. The second-order valence-electron chi connectivity index (χ2n) is 5.72. The molecule has 0 spiro atoms. The van der Waals surface area contributed by atoms with E-state index >= 15 is 0 Å². The van der Waals surface area contributed by atoms with Crippen LogP contribution >= 0.6 is 11.6 Å². The van der Waals surface area contributed by atoms with Gasteiger partial charge in [0, 0.05) is 18.9 Å². The van der Waals surface area contributed by atoms with Crippen LogP contribution in [0, 0.1) is 5.92 Å². The summed E-state index contributed by atoms with van der Waals surface area (Å²) in [6.07, 6.45) is -1.96. The van der Waals surface area contributed by atoms with Crippen molar-refractivity contribution in [2.75, 3.05) is 17.2 Å². The minimum Gasteiger partial charge on any atom is -0.354 e. The van der Waals surface area contributed by atoms with Crippen LogP contribution in [0.1, 0.15) is 29.8 Å². The zero-order valence-corrected chi connectivity index (χ0v) is 14.2. The fourth-order valence-corrected chi connectivity index (χ4v) is 1.99. The quantitative estimate of drug-likeness (QED) is 0.812. The largest absolute Gasteiger partial charge is 0.416 e. The Kier molecular flexibility index (Phi) is 5.84. The molecule has 0 aliphatic rings. The topological polar surface area (TPSA) is 66.9 Å². The number of alkyl halides is 3. The third kappa shape index (κ3) is 5.32. The van der Waals surface area contributed by atoms with Crippen molar-refractivity contribution < 1.29 is 18.0 Å². The Balaban J connectivity index is 2.12. The first kappa shape index (κ1) is 19.0. The lowest BCUT2D eigenvalue weighted by atomic mass is 10.2. The number of carbonyl (C=O) groups excluding carboxylic acids is 1. The molecule has 5 nitrogen and oxygen atoms in total. The van der Waals surface area contributed by atoms with E-state index in [9.17, 15) is 18.0 Å². The van der Waals surface area contributed by atoms with E-state index in [-0.39, 0.29) is 16.3 Å². The highest BCUT2D eigenvalue weighted by atomic mass is 35.5. The van der Waals surface area contributed by atoms with Crippen molar-refractivity contribution in [2.45, 2.75) is 20.0 Å². The van der Waals surface area contributed by atoms with Gasteiger partial charge in [-0.25, -0.2) is 9.97 Å². The van der Waals surface area contributed by atoms with Gasteiger partial charge in [0.1, 0.15) is 0 Å². The average molecular weight is 373 g/mol. The first-order valence-electron chi connectivity index (χ1n) is 7.41. The molecule has 1 amide bonds. The van der Waals surface area contributed by atoms with Crippen molar-refractivity contribution in [1.29, 1.82) is 0 Å². The highest BCUT2D eigenvalue weighted by Crippen LogP contribution is 2.33. The van der Waals surface area contributed by atoms with Crippen LogP contribution in [-0.2, 0) is 6.18 Å². The lowest BCUT2D eigenvalue weighted by Gasteiger charge is -2.12. The lowest BCUT2D eigenvalue weighted by molar-refractivity contribution is -0.137. The van der Waals surface area contributed by atoms with Gasteiger partial charge in [0.2, 0.25) is 5.95 Å². The Bertz CT molecular complexity index is 748. The van der Waals surface area contributed by atoms with Gasteiger partial charge in [0.25, 0.3) is 5.91 Å². The van der Waals surface area contributed by atoms with Gasteiger partial charge in [-0.05, 0) is 24.1 Å². The summed E-state index contributed by atoms with van der Waals surface area (Å²) in [6.45, 7) is 4.71. The number of hydrogen-bond donors (Lipinski definition) is 2. The Morgan fingerprint density at radius 3 is 2.44 bits per heavy atom. The number of anilines is 2. The van der Waals surface area contributed by atoms with E-state index in [0.717, 1.165) is 18.2 Å². The molecule has 2 N–H and O–H groups in total. The van der Waals surface area contributed by atoms with Crippen molar-refractivity contribution in [3.8, 4) is 0 Å². The van der Waals surface area contributed by atoms with E-state index in [1.54, 1.807) is 0 Å². The molecule has 0 unspecified atom stereocenters. The third-order valence-electron chi connectivity index (χ3n) is 3.12. The van der Waals surface area contributed by atoms with Gasteiger partial charge in [-0.1, -0.05) is 25.4 Å². The second kappa shape index (κ2) is 7.69. The van der Waals surface area contributed by atoms with Gasteiger partial charge in [0.05, 0.1) is 21.8 Å². The van der Waals surface area contributed by atoms with Crippen molar-refractivity contribution in [2.24, 2.45) is 5.92 Å². The van der Waals surface area contributed by atoms with E-state index in [4.69, 9.17) is 11.6 Å². The summed E-state index contributed by atoms with van der Waals surface area (Å²) in [4.78, 5) is 20.1. The molecule has 134 valence electrons. The molecular weight excluding hydrogens is 357 g/mol. The number of aromatic nitrogens is 2. The number of amides is 1. The summed E-state index contributed by atoms with van der Waals surface area (Å²) in [6, 6.07) is 2.70. The van der Waals surface area contributed by atoms with Crippen molar-refractivity contribution in [1.82, 2.24) is 9.97 Å². The molecule has 0 saturated carbocycles. The molecule has 9 heteroatoms. The highest BCUT2D eigenvalue weighted by molar-refractivity contribution is 6.34. The fourth-order valence-electron chi connectivity index (χ4n) is 1.82. The molecule has 1 aromatic carbocycles. The van der Waals surface area contributed by atoms with Gasteiger partial charge in [-0.3, -0.25) is 4.79 Å². The van der Waals surface area contributed by atoms with E-state index < -0.39 is 17.6 Å². The monoisotopic (exact) mass is 372 g/mol. The summed E-state index contributed by atoms with van der Waals surface area (Å²) in [5.41, 5.74) is -0.941. The SMILES string of the molecule is CC(C)CNc1ncc(C(=O)Nc2cc(C(F)(F)F)ccc2Cl)cn1. The van der Waals surface area contributed by atoms with Crippen LogP contribution < -0.4 is 10.6 Å². The Morgan fingerprint density at radius 2 is 1.88 bits per heavy atom. The van der Waals surface area contributed by atoms with Crippen LogP contribution in [-0.4, -0.2) is 22.4 Å². The lowest BCUT2D eigenvalue weighted by Crippen LogP contribution is -2.15. The maximum atomic E-state index is 12.8. The molecule has 0 saturated heterocycles. The molecule has 0 bridgehead atoms. The van der Waals surface area contributed by atoms with Gasteiger partial charge in [-0.2, -0.15) is 13.2 Å². The Morgan fingerprint density at radius 1 is 1.24 bits per heavy atom. The van der Waals surface area contributed by atoms with Crippen LogP contribution in [0.2, 0.25) is 5.02 Å². The summed E-state index contributed by atoms with van der Waals surface area (Å²) in [7, 11) is 0. The van der Waals surface area contributed by atoms with E-state index in [1.807, 2.05) is 13.8 Å². The highest BCUT2D eigenvalue weighted by Gasteiger charge is 2.31. The molecule has 0 atom stereocenters. The van der Waals surface area contributed by atoms with Crippen LogP contribution in [0.5, 0.6) is 0 Å². The zero-order valence-electron chi connectivity index (χ0n) is 13.5. The van der Waals surface area contributed by atoms with E-state index in [1.165, 1.54) is 12.4 Å². The molecule has 0 fully saturated rings. The van der Waals surface area contributed by atoms with Crippen LogP contribution in [0.15, 0.2) is 30.6 Å². The van der Waals surface area contributed by atoms with Crippen molar-refractivity contribution in [3.05, 3.63) is 46.7 Å². The number of halogens is 4. The number of rotatable bonds is 5. The minimum atomic E-state index is -4.53. The summed E-state index contributed by atoms with van der Waals surface area (Å²) in [5.74, 6) is 0.105. The summed E-state index contributed by atoms with van der Waals surface area (Å²) in [5, 5.41) is 5.33. The van der Waals surface area contributed by atoms with E-state index in [2.05, 4.69) is 20.6 Å². The number of carbonyl (C=O) groups is 1. The molecule has 0 radical (unpaired) electrons. The van der Waals surface area contributed by atoms with Crippen LogP contribution in [0.3, 0.4) is 0 Å². The van der Waals surface area contributed by atoms with Crippen LogP contribution in [0.25, 0.3) is 0 Å². The number of nitrogens with one attached hydrogen (secondary N) is 2. The maximum absolute atomic E-state index is 12.8. The predicted molar refractivity (Wildman–Crippen MR) is 89.8 cm³/mol. The van der Waals surface area contributed by atoms with Gasteiger partial charge in [0.15, 0.2) is 0 Å². The molecule has 25 heavy (non-hydrogen) atoms. The first-order chi connectivity index (χ1) is 11.7. The second-order valence-corrected chi connectivity index (χ2v) is 6.12. The average Bonchev–Trinajstić information content (AvgIpc) is 2.54. The Hall–Kier alpha value is -2.35. The number of benzene rings is 1. The Labute approximate surface area is 147 Å². The van der Waals surface area contributed by atoms with Crippen molar-refractivity contribution >= 4 is 29.1 Å². The number of nitrogens with zero attached hydrogens (tertiary/aromatic N) is 2. The molecule has 0 aliphatic carbocycles. The minimum absolute atomic E-state index is 0.00233. The van der Waals surface area contributed by atoms with Gasteiger partial charge in [-0.15, -0.1) is 0 Å². The summed E-state index contributed by atoms with van der Waals surface area (Å²) < 4.78 is 38.3. The number of hydrogen-bond acceptors (Lipinski definition) is 4. The predicted octanol–water partition coefficient (Wildman–Crippen LogP) is 4.47. The smallest absolute Gasteiger partial charge is 0.354 e. The maximum Gasteiger partial charge on any atom is 0.416 e. The molecule has 2 aromatic rings. The van der Waals surface area contributed by atoms with Gasteiger partial charge >= 0.3 is 6.18 Å². The molecular formula is C16H16ClF3N4O. The van der Waals surface area contributed by atoms with Crippen LogP contribution in [0.4, 0.5) is 24.8 Å². The fraction of sp³-hybridized carbons (Fsp3) is 0.312.